The van der Waals surface area contributed by atoms with E-state index < -0.39 is 0 Å². The summed E-state index contributed by atoms with van der Waals surface area (Å²) in [5, 5.41) is 0. The SMILES string of the molecule is CC[CH]C(C)C=Cc1ccccc1. The lowest BCUT2D eigenvalue weighted by Gasteiger charge is -2.01. The van der Waals surface area contributed by atoms with Gasteiger partial charge in [0.05, 0.1) is 0 Å². The Morgan fingerprint density at radius 3 is 2.54 bits per heavy atom. The summed E-state index contributed by atoms with van der Waals surface area (Å²) in [6, 6.07) is 10.4. The van der Waals surface area contributed by atoms with E-state index in [-0.39, 0.29) is 0 Å². The van der Waals surface area contributed by atoms with Gasteiger partial charge >= 0.3 is 0 Å². The molecule has 0 spiro atoms. The molecule has 0 N–H and O–H groups in total. The largest absolute Gasteiger partial charge is 0.0808 e. The fraction of sp³-hybridized carbons (Fsp3) is 0.308. The summed E-state index contributed by atoms with van der Waals surface area (Å²) in [6.07, 6.45) is 7.86. The van der Waals surface area contributed by atoms with Crippen LogP contribution in [0.15, 0.2) is 36.4 Å². The molecular weight excluding hydrogens is 156 g/mol. The van der Waals surface area contributed by atoms with Gasteiger partial charge in [0.15, 0.2) is 0 Å². The number of hydrogen-bond acceptors (Lipinski definition) is 0. The Kier molecular flexibility index (Phi) is 4.31. The van der Waals surface area contributed by atoms with Crippen molar-refractivity contribution in [3.8, 4) is 0 Å². The van der Waals surface area contributed by atoms with E-state index in [0.717, 1.165) is 6.42 Å². The maximum atomic E-state index is 2.31. The molecule has 1 aromatic carbocycles. The van der Waals surface area contributed by atoms with Gasteiger partial charge in [-0.2, -0.15) is 0 Å². The van der Waals surface area contributed by atoms with Crippen LogP contribution in [-0.2, 0) is 0 Å². The zero-order chi connectivity index (χ0) is 9.52. The van der Waals surface area contributed by atoms with E-state index in [2.05, 4.69) is 56.7 Å². The van der Waals surface area contributed by atoms with Crippen molar-refractivity contribution < 1.29 is 0 Å². The van der Waals surface area contributed by atoms with Crippen molar-refractivity contribution in [3.05, 3.63) is 48.4 Å². The number of allylic oxidation sites excluding steroid dienone is 1. The molecule has 0 amide bonds. The average molecular weight is 173 g/mol. The quantitative estimate of drug-likeness (QED) is 0.646. The normalized spacial score (nSPS) is 13.4. The van der Waals surface area contributed by atoms with Gasteiger partial charge in [0.2, 0.25) is 0 Å². The Morgan fingerprint density at radius 2 is 1.92 bits per heavy atom. The second kappa shape index (κ2) is 5.58. The second-order valence-electron chi connectivity index (χ2n) is 3.27. The van der Waals surface area contributed by atoms with Crippen LogP contribution in [0.4, 0.5) is 0 Å². The monoisotopic (exact) mass is 173 g/mol. The van der Waals surface area contributed by atoms with Crippen molar-refractivity contribution in [2.24, 2.45) is 5.92 Å². The first-order valence-electron chi connectivity index (χ1n) is 4.89. The summed E-state index contributed by atoms with van der Waals surface area (Å²) in [5.74, 6) is 0.574. The van der Waals surface area contributed by atoms with Gasteiger partial charge < -0.3 is 0 Å². The highest BCUT2D eigenvalue weighted by molar-refractivity contribution is 5.49. The summed E-state index contributed by atoms with van der Waals surface area (Å²) in [4.78, 5) is 0. The molecule has 0 aliphatic carbocycles. The third kappa shape index (κ3) is 3.93. The average Bonchev–Trinajstić information content (AvgIpc) is 2.17. The second-order valence-corrected chi connectivity index (χ2v) is 3.27. The summed E-state index contributed by atoms with van der Waals surface area (Å²) in [7, 11) is 0. The van der Waals surface area contributed by atoms with E-state index in [1.54, 1.807) is 0 Å². The minimum Gasteiger partial charge on any atom is -0.0808 e. The summed E-state index contributed by atoms with van der Waals surface area (Å²) in [5.41, 5.74) is 1.28. The van der Waals surface area contributed by atoms with E-state index in [0.29, 0.717) is 5.92 Å². The molecule has 0 nitrogen and oxygen atoms in total. The van der Waals surface area contributed by atoms with Crippen molar-refractivity contribution in [2.75, 3.05) is 0 Å². The molecule has 0 aliphatic rings. The van der Waals surface area contributed by atoms with Crippen LogP contribution in [0.25, 0.3) is 6.08 Å². The van der Waals surface area contributed by atoms with Crippen LogP contribution in [-0.4, -0.2) is 0 Å². The number of benzene rings is 1. The van der Waals surface area contributed by atoms with Crippen molar-refractivity contribution >= 4 is 6.08 Å². The van der Waals surface area contributed by atoms with E-state index in [9.17, 15) is 0 Å². The smallest absolute Gasteiger partial charge is 0.0227 e. The van der Waals surface area contributed by atoms with E-state index >= 15 is 0 Å². The Balaban J connectivity index is 2.49. The minimum atomic E-state index is 0.574. The Labute approximate surface area is 81.3 Å². The lowest BCUT2D eigenvalue weighted by molar-refractivity contribution is 0.804. The van der Waals surface area contributed by atoms with Gasteiger partial charge in [-0.15, -0.1) is 0 Å². The first-order valence-corrected chi connectivity index (χ1v) is 4.89. The molecule has 0 fully saturated rings. The van der Waals surface area contributed by atoms with Crippen LogP contribution in [0.1, 0.15) is 25.8 Å². The van der Waals surface area contributed by atoms with Gasteiger partial charge in [-0.3, -0.25) is 0 Å². The molecule has 0 saturated heterocycles. The molecule has 0 heterocycles. The molecule has 1 atom stereocenters. The highest BCUT2D eigenvalue weighted by Crippen LogP contribution is 2.08. The maximum Gasteiger partial charge on any atom is -0.0227 e. The lowest BCUT2D eigenvalue weighted by Crippen LogP contribution is -1.87. The Hall–Kier alpha value is -1.04. The predicted octanol–water partition coefficient (Wildman–Crippen LogP) is 3.95. The molecule has 1 rings (SSSR count). The van der Waals surface area contributed by atoms with Crippen molar-refractivity contribution in [1.29, 1.82) is 0 Å². The maximum absolute atomic E-state index is 2.31. The molecule has 13 heavy (non-hydrogen) atoms. The molecule has 0 bridgehead atoms. The molecule has 0 aliphatic heterocycles. The van der Waals surface area contributed by atoms with Crippen molar-refractivity contribution in [3.63, 3.8) is 0 Å². The van der Waals surface area contributed by atoms with Gasteiger partial charge in [0.25, 0.3) is 0 Å². The van der Waals surface area contributed by atoms with Crippen LogP contribution in [0, 0.1) is 12.3 Å². The molecule has 0 aromatic heterocycles. The zero-order valence-electron chi connectivity index (χ0n) is 8.40. The standard InChI is InChI=1S/C13H17/c1-3-7-12(2)10-11-13-8-5-4-6-9-13/h4-12H,3H2,1-2H3. The zero-order valence-corrected chi connectivity index (χ0v) is 8.40. The first-order chi connectivity index (χ1) is 6.33. The molecule has 1 aromatic rings. The molecule has 1 unspecified atom stereocenters. The van der Waals surface area contributed by atoms with Crippen LogP contribution < -0.4 is 0 Å². The highest BCUT2D eigenvalue weighted by atomic mass is 14.0. The van der Waals surface area contributed by atoms with Gasteiger partial charge in [0, 0.05) is 0 Å². The van der Waals surface area contributed by atoms with Gasteiger partial charge in [0.1, 0.15) is 0 Å². The van der Waals surface area contributed by atoms with E-state index in [1.807, 2.05) is 6.07 Å². The third-order valence-corrected chi connectivity index (χ3v) is 2.00. The summed E-state index contributed by atoms with van der Waals surface area (Å²) in [6.45, 7) is 4.38. The van der Waals surface area contributed by atoms with Gasteiger partial charge in [-0.05, 0) is 17.9 Å². The van der Waals surface area contributed by atoms with Crippen molar-refractivity contribution in [2.45, 2.75) is 20.3 Å². The van der Waals surface area contributed by atoms with Crippen LogP contribution in [0.2, 0.25) is 0 Å². The molecular formula is C13H17. The molecule has 0 saturated carbocycles. The topological polar surface area (TPSA) is 0 Å². The molecule has 1 radical (unpaired) electrons. The third-order valence-electron chi connectivity index (χ3n) is 2.00. The Morgan fingerprint density at radius 1 is 1.23 bits per heavy atom. The van der Waals surface area contributed by atoms with E-state index in [1.165, 1.54) is 5.56 Å². The highest BCUT2D eigenvalue weighted by Gasteiger charge is 1.93. The number of hydrogen-bond donors (Lipinski definition) is 0. The van der Waals surface area contributed by atoms with Crippen molar-refractivity contribution in [1.82, 2.24) is 0 Å². The summed E-state index contributed by atoms with van der Waals surface area (Å²) >= 11 is 0. The van der Waals surface area contributed by atoms with Crippen LogP contribution in [0.3, 0.4) is 0 Å². The first kappa shape index (κ1) is 10.0. The van der Waals surface area contributed by atoms with Gasteiger partial charge in [-0.1, -0.05) is 62.8 Å². The van der Waals surface area contributed by atoms with Gasteiger partial charge in [-0.25, -0.2) is 0 Å². The molecule has 69 valence electrons. The Bertz CT molecular complexity index is 246. The fourth-order valence-electron chi connectivity index (χ4n) is 1.28. The van der Waals surface area contributed by atoms with E-state index in [4.69, 9.17) is 0 Å². The predicted molar refractivity (Wildman–Crippen MR) is 59.2 cm³/mol. The number of rotatable bonds is 4. The lowest BCUT2D eigenvalue weighted by atomic mass is 10.0. The fourth-order valence-corrected chi connectivity index (χ4v) is 1.28. The summed E-state index contributed by atoms with van der Waals surface area (Å²) < 4.78 is 0. The van der Waals surface area contributed by atoms with Crippen LogP contribution >= 0.6 is 0 Å². The van der Waals surface area contributed by atoms with Crippen LogP contribution in [0.5, 0.6) is 0 Å². The molecule has 0 heteroatoms. The minimum absolute atomic E-state index is 0.574.